The van der Waals surface area contributed by atoms with Crippen LogP contribution in [0.2, 0.25) is 0 Å². The summed E-state index contributed by atoms with van der Waals surface area (Å²) in [6.07, 6.45) is 1.33. The zero-order valence-corrected chi connectivity index (χ0v) is 16.3. The first-order valence-electron chi connectivity index (χ1n) is 9.44. The molecule has 2 aromatic carbocycles. The molecule has 0 aliphatic carbocycles. The predicted octanol–water partition coefficient (Wildman–Crippen LogP) is 3.67. The van der Waals surface area contributed by atoms with E-state index in [1.807, 2.05) is 58.8 Å². The standard InChI is InChI=1S/C23H22N2O2S/c26-22(21-11-6-14-28-21)24-20(15-17-7-2-1-3-8-17)23(27)25-13-12-18-9-4-5-10-19(18)16-25/h1-11,14,20H,12-13,15-16H2,(H,24,26). The third-order valence-electron chi connectivity index (χ3n) is 5.07. The lowest BCUT2D eigenvalue weighted by Gasteiger charge is -2.32. The lowest BCUT2D eigenvalue weighted by atomic mass is 9.98. The van der Waals surface area contributed by atoms with Gasteiger partial charge in [0.05, 0.1) is 4.88 Å². The van der Waals surface area contributed by atoms with Gasteiger partial charge >= 0.3 is 0 Å². The molecule has 2 heterocycles. The van der Waals surface area contributed by atoms with Gasteiger partial charge in [0.25, 0.3) is 5.91 Å². The van der Waals surface area contributed by atoms with Gasteiger partial charge in [-0.15, -0.1) is 11.3 Å². The van der Waals surface area contributed by atoms with Crippen LogP contribution >= 0.6 is 11.3 Å². The molecule has 1 aliphatic rings. The summed E-state index contributed by atoms with van der Waals surface area (Å²) in [4.78, 5) is 28.4. The molecule has 1 aliphatic heterocycles. The average Bonchev–Trinajstić information content (AvgIpc) is 3.28. The Kier molecular flexibility index (Phi) is 5.53. The van der Waals surface area contributed by atoms with E-state index >= 15 is 0 Å². The number of fused-ring (bicyclic) bond motifs is 1. The van der Waals surface area contributed by atoms with E-state index in [1.54, 1.807) is 6.07 Å². The predicted molar refractivity (Wildman–Crippen MR) is 111 cm³/mol. The normalized spacial score (nSPS) is 14.2. The summed E-state index contributed by atoms with van der Waals surface area (Å²) in [7, 11) is 0. The van der Waals surface area contributed by atoms with Crippen molar-refractivity contribution in [1.29, 1.82) is 0 Å². The van der Waals surface area contributed by atoms with Crippen molar-refractivity contribution in [3.63, 3.8) is 0 Å². The second-order valence-corrected chi connectivity index (χ2v) is 7.92. The van der Waals surface area contributed by atoms with Gasteiger partial charge in [-0.05, 0) is 34.6 Å². The first-order valence-corrected chi connectivity index (χ1v) is 10.3. The van der Waals surface area contributed by atoms with Crippen LogP contribution in [0.4, 0.5) is 0 Å². The molecule has 0 fully saturated rings. The zero-order valence-electron chi connectivity index (χ0n) is 15.5. The van der Waals surface area contributed by atoms with Gasteiger partial charge in [-0.25, -0.2) is 0 Å². The third kappa shape index (κ3) is 4.15. The molecule has 28 heavy (non-hydrogen) atoms. The summed E-state index contributed by atoms with van der Waals surface area (Å²) in [6, 6.07) is 21.1. The Hall–Kier alpha value is -2.92. The average molecular weight is 391 g/mol. The van der Waals surface area contributed by atoms with E-state index in [1.165, 1.54) is 22.5 Å². The van der Waals surface area contributed by atoms with Gasteiger partial charge in [-0.1, -0.05) is 60.7 Å². The van der Waals surface area contributed by atoms with Crippen molar-refractivity contribution in [1.82, 2.24) is 10.2 Å². The van der Waals surface area contributed by atoms with Gasteiger partial charge in [0.2, 0.25) is 5.91 Å². The van der Waals surface area contributed by atoms with Crippen molar-refractivity contribution in [3.8, 4) is 0 Å². The lowest BCUT2D eigenvalue weighted by Crippen LogP contribution is -2.50. The number of nitrogens with zero attached hydrogens (tertiary/aromatic N) is 1. The Morgan fingerprint density at radius 1 is 0.964 bits per heavy atom. The summed E-state index contributed by atoms with van der Waals surface area (Å²) in [5.74, 6) is -0.218. The highest BCUT2D eigenvalue weighted by atomic mass is 32.1. The van der Waals surface area contributed by atoms with Gasteiger partial charge in [0.1, 0.15) is 6.04 Å². The Labute approximate surface area is 168 Å². The number of carbonyl (C=O) groups excluding carboxylic acids is 2. The van der Waals surface area contributed by atoms with Crippen molar-refractivity contribution in [2.45, 2.75) is 25.4 Å². The van der Waals surface area contributed by atoms with E-state index in [4.69, 9.17) is 0 Å². The van der Waals surface area contributed by atoms with E-state index < -0.39 is 6.04 Å². The van der Waals surface area contributed by atoms with Gasteiger partial charge in [0.15, 0.2) is 0 Å². The molecule has 0 saturated heterocycles. The molecule has 1 unspecified atom stereocenters. The summed E-state index contributed by atoms with van der Waals surface area (Å²) in [5.41, 5.74) is 3.52. The van der Waals surface area contributed by atoms with Gasteiger partial charge in [0, 0.05) is 19.5 Å². The van der Waals surface area contributed by atoms with Crippen LogP contribution in [0.1, 0.15) is 26.4 Å². The summed E-state index contributed by atoms with van der Waals surface area (Å²) < 4.78 is 0. The maximum atomic E-state index is 13.3. The summed E-state index contributed by atoms with van der Waals surface area (Å²) in [5, 5.41) is 4.83. The van der Waals surface area contributed by atoms with E-state index in [2.05, 4.69) is 17.4 Å². The molecule has 0 bridgehead atoms. The molecule has 2 amide bonds. The van der Waals surface area contributed by atoms with Crippen LogP contribution in [0.15, 0.2) is 72.1 Å². The Balaban J connectivity index is 1.54. The molecule has 0 spiro atoms. The molecule has 1 atom stereocenters. The molecular weight excluding hydrogens is 368 g/mol. The van der Waals surface area contributed by atoms with Crippen LogP contribution in [-0.2, 0) is 24.2 Å². The minimum absolute atomic E-state index is 0.0248. The fourth-order valence-corrected chi connectivity index (χ4v) is 4.22. The first kappa shape index (κ1) is 18.4. The number of benzene rings is 2. The van der Waals surface area contributed by atoms with Crippen molar-refractivity contribution < 1.29 is 9.59 Å². The van der Waals surface area contributed by atoms with Gasteiger partial charge in [-0.2, -0.15) is 0 Å². The Bertz CT molecular complexity index is 954. The minimum atomic E-state index is -0.581. The fourth-order valence-electron chi connectivity index (χ4n) is 3.59. The van der Waals surface area contributed by atoms with Crippen LogP contribution < -0.4 is 5.32 Å². The molecule has 3 aromatic rings. The molecule has 5 heteroatoms. The number of carbonyl (C=O) groups is 2. The van der Waals surface area contributed by atoms with E-state index in [0.717, 1.165) is 12.0 Å². The van der Waals surface area contributed by atoms with Crippen molar-refractivity contribution in [2.75, 3.05) is 6.54 Å². The number of nitrogens with one attached hydrogen (secondary N) is 1. The minimum Gasteiger partial charge on any atom is -0.339 e. The SMILES string of the molecule is O=C(NC(Cc1ccccc1)C(=O)N1CCc2ccccc2C1)c1cccs1. The first-order chi connectivity index (χ1) is 13.7. The van der Waals surface area contributed by atoms with Crippen molar-refractivity contribution in [3.05, 3.63) is 93.7 Å². The topological polar surface area (TPSA) is 49.4 Å². The monoisotopic (exact) mass is 390 g/mol. The zero-order chi connectivity index (χ0) is 19.3. The molecule has 4 nitrogen and oxygen atoms in total. The van der Waals surface area contributed by atoms with Gasteiger partial charge < -0.3 is 10.2 Å². The van der Waals surface area contributed by atoms with Crippen LogP contribution in [0, 0.1) is 0 Å². The lowest BCUT2D eigenvalue weighted by molar-refractivity contribution is -0.134. The smallest absolute Gasteiger partial charge is 0.262 e. The molecule has 4 rings (SSSR count). The highest BCUT2D eigenvalue weighted by Crippen LogP contribution is 2.20. The Morgan fingerprint density at radius 2 is 1.71 bits per heavy atom. The van der Waals surface area contributed by atoms with E-state index in [-0.39, 0.29) is 11.8 Å². The van der Waals surface area contributed by atoms with E-state index in [9.17, 15) is 9.59 Å². The quantitative estimate of drug-likeness (QED) is 0.723. The number of hydrogen-bond donors (Lipinski definition) is 1. The maximum absolute atomic E-state index is 13.3. The Morgan fingerprint density at radius 3 is 2.46 bits per heavy atom. The number of thiophene rings is 1. The molecule has 0 radical (unpaired) electrons. The van der Waals surface area contributed by atoms with E-state index in [0.29, 0.717) is 24.4 Å². The van der Waals surface area contributed by atoms with Crippen LogP contribution in [0.3, 0.4) is 0 Å². The van der Waals surface area contributed by atoms with Crippen LogP contribution in [-0.4, -0.2) is 29.3 Å². The van der Waals surface area contributed by atoms with Crippen LogP contribution in [0.25, 0.3) is 0 Å². The maximum Gasteiger partial charge on any atom is 0.262 e. The molecule has 0 saturated carbocycles. The summed E-state index contributed by atoms with van der Waals surface area (Å²) >= 11 is 1.38. The number of amides is 2. The van der Waals surface area contributed by atoms with Crippen LogP contribution in [0.5, 0.6) is 0 Å². The second kappa shape index (κ2) is 8.40. The molecule has 1 aromatic heterocycles. The fraction of sp³-hybridized carbons (Fsp3) is 0.217. The molecular formula is C23H22N2O2S. The number of rotatable bonds is 5. The largest absolute Gasteiger partial charge is 0.339 e. The second-order valence-electron chi connectivity index (χ2n) is 6.97. The van der Waals surface area contributed by atoms with Gasteiger partial charge in [-0.3, -0.25) is 9.59 Å². The number of hydrogen-bond acceptors (Lipinski definition) is 3. The van der Waals surface area contributed by atoms with Crippen molar-refractivity contribution in [2.24, 2.45) is 0 Å². The highest BCUT2D eigenvalue weighted by molar-refractivity contribution is 7.12. The highest BCUT2D eigenvalue weighted by Gasteiger charge is 2.29. The van der Waals surface area contributed by atoms with Crippen molar-refractivity contribution >= 4 is 23.2 Å². The molecule has 142 valence electrons. The molecule has 1 N–H and O–H groups in total. The summed E-state index contributed by atoms with van der Waals surface area (Å²) in [6.45, 7) is 1.27. The third-order valence-corrected chi connectivity index (χ3v) is 5.94.